The van der Waals surface area contributed by atoms with Crippen LogP contribution in [0.25, 0.3) is 22.1 Å². The average Bonchev–Trinajstić information content (AvgIpc) is 2.46. The van der Waals surface area contributed by atoms with Crippen LogP contribution in [0.15, 0.2) is 57.7 Å². The van der Waals surface area contributed by atoms with Gasteiger partial charge >= 0.3 is 5.63 Å². The third-order valence-electron chi connectivity index (χ3n) is 3.35. The summed E-state index contributed by atoms with van der Waals surface area (Å²) in [4.78, 5) is 22.4. The van der Waals surface area contributed by atoms with Crippen molar-refractivity contribution < 1.29 is 9.34 Å². The molecule has 21 heavy (non-hydrogen) atoms. The first-order valence-electron chi connectivity index (χ1n) is 6.34. The smallest absolute Gasteiger partial charge is 0.344 e. The van der Waals surface area contributed by atoms with Crippen LogP contribution in [-0.4, -0.2) is 4.92 Å². The van der Waals surface area contributed by atoms with Crippen LogP contribution in [0, 0.1) is 17.0 Å². The van der Waals surface area contributed by atoms with Crippen LogP contribution >= 0.6 is 0 Å². The maximum atomic E-state index is 12.1. The third-order valence-corrected chi connectivity index (χ3v) is 3.35. The number of nitrogens with zero attached hydrogens (tertiary/aromatic N) is 1. The molecule has 0 aliphatic rings. The molecule has 0 atom stereocenters. The summed E-state index contributed by atoms with van der Waals surface area (Å²) < 4.78 is 5.29. The van der Waals surface area contributed by atoms with Crippen molar-refractivity contribution in [1.29, 1.82) is 0 Å². The van der Waals surface area contributed by atoms with E-state index >= 15 is 0 Å². The Labute approximate surface area is 119 Å². The molecule has 0 amide bonds. The van der Waals surface area contributed by atoms with E-state index < -0.39 is 10.5 Å². The van der Waals surface area contributed by atoms with Crippen molar-refractivity contribution in [2.45, 2.75) is 6.92 Å². The van der Waals surface area contributed by atoms with Gasteiger partial charge < -0.3 is 4.42 Å². The molecule has 0 aliphatic heterocycles. The van der Waals surface area contributed by atoms with Crippen molar-refractivity contribution in [2.24, 2.45) is 0 Å². The van der Waals surface area contributed by atoms with Gasteiger partial charge in [0.1, 0.15) is 5.58 Å². The lowest BCUT2D eigenvalue weighted by Crippen LogP contribution is -2.04. The molecule has 104 valence electrons. The van der Waals surface area contributed by atoms with E-state index in [2.05, 4.69) is 0 Å². The molecule has 0 aliphatic carbocycles. The van der Waals surface area contributed by atoms with E-state index in [1.807, 2.05) is 12.1 Å². The Balaban J connectivity index is 2.23. The second-order valence-electron chi connectivity index (χ2n) is 4.74. The molecule has 5 nitrogen and oxygen atoms in total. The van der Waals surface area contributed by atoms with E-state index in [9.17, 15) is 14.9 Å². The van der Waals surface area contributed by atoms with Gasteiger partial charge in [-0.25, -0.2) is 4.79 Å². The van der Waals surface area contributed by atoms with E-state index in [1.165, 1.54) is 12.1 Å². The molecule has 0 bridgehead atoms. The molecule has 0 saturated heterocycles. The largest absolute Gasteiger partial charge is 0.422 e. The maximum Gasteiger partial charge on any atom is 0.344 e. The SMILES string of the molecule is Cc1cc([N+](=O)[O-])ccc1-c1cc2ccccc2oc1=O. The number of rotatable bonds is 2. The number of hydrogen-bond acceptors (Lipinski definition) is 4. The second-order valence-corrected chi connectivity index (χ2v) is 4.74. The molecule has 3 rings (SSSR count). The Hall–Kier alpha value is -2.95. The highest BCUT2D eigenvalue weighted by Gasteiger charge is 2.13. The van der Waals surface area contributed by atoms with Crippen molar-refractivity contribution in [2.75, 3.05) is 0 Å². The monoisotopic (exact) mass is 281 g/mol. The lowest BCUT2D eigenvalue weighted by molar-refractivity contribution is -0.384. The number of nitro benzene ring substituents is 1. The summed E-state index contributed by atoms with van der Waals surface area (Å²) in [6.07, 6.45) is 0. The zero-order valence-corrected chi connectivity index (χ0v) is 11.2. The van der Waals surface area contributed by atoms with Crippen molar-refractivity contribution in [3.63, 3.8) is 0 Å². The summed E-state index contributed by atoms with van der Waals surface area (Å²) in [5.74, 6) is 0. The van der Waals surface area contributed by atoms with Gasteiger partial charge in [-0.3, -0.25) is 10.1 Å². The van der Waals surface area contributed by atoms with E-state index in [4.69, 9.17) is 4.42 Å². The molecular weight excluding hydrogens is 270 g/mol. The van der Waals surface area contributed by atoms with E-state index in [-0.39, 0.29) is 5.69 Å². The molecule has 1 aromatic heterocycles. The van der Waals surface area contributed by atoms with E-state index in [0.717, 1.165) is 5.39 Å². The molecule has 5 heteroatoms. The fraction of sp³-hybridized carbons (Fsp3) is 0.0625. The highest BCUT2D eigenvalue weighted by molar-refractivity contribution is 5.82. The minimum Gasteiger partial charge on any atom is -0.422 e. The van der Waals surface area contributed by atoms with Crippen molar-refractivity contribution in [3.8, 4) is 11.1 Å². The quantitative estimate of drug-likeness (QED) is 0.408. The van der Waals surface area contributed by atoms with Crippen LogP contribution < -0.4 is 5.63 Å². The Morgan fingerprint density at radius 3 is 2.52 bits per heavy atom. The normalized spacial score (nSPS) is 10.7. The van der Waals surface area contributed by atoms with Crippen LogP contribution in [0.5, 0.6) is 0 Å². The Bertz CT molecular complexity index is 912. The zero-order chi connectivity index (χ0) is 15.0. The topological polar surface area (TPSA) is 73.3 Å². The fourth-order valence-corrected chi connectivity index (χ4v) is 2.31. The number of benzene rings is 2. The van der Waals surface area contributed by atoms with Crippen LogP contribution in [0.4, 0.5) is 5.69 Å². The standard InChI is InChI=1S/C16H11NO4/c1-10-8-12(17(19)20)6-7-13(10)14-9-11-4-2-3-5-15(11)21-16(14)18/h2-9H,1H3. The zero-order valence-electron chi connectivity index (χ0n) is 11.2. The molecule has 0 N–H and O–H groups in total. The van der Waals surface area contributed by atoms with Gasteiger partial charge in [-0.1, -0.05) is 18.2 Å². The summed E-state index contributed by atoms with van der Waals surface area (Å²) in [7, 11) is 0. The molecule has 0 unspecified atom stereocenters. The minimum absolute atomic E-state index is 0.00132. The lowest BCUT2D eigenvalue weighted by Gasteiger charge is -2.05. The van der Waals surface area contributed by atoms with Gasteiger partial charge in [0.05, 0.1) is 10.5 Å². The highest BCUT2D eigenvalue weighted by Crippen LogP contribution is 2.26. The van der Waals surface area contributed by atoms with Crippen LogP contribution in [0.2, 0.25) is 0 Å². The maximum absolute atomic E-state index is 12.1. The van der Waals surface area contributed by atoms with Gasteiger partial charge in [-0.05, 0) is 36.2 Å². The fourth-order valence-electron chi connectivity index (χ4n) is 2.31. The van der Waals surface area contributed by atoms with Crippen molar-refractivity contribution >= 4 is 16.7 Å². The number of hydrogen-bond donors (Lipinski definition) is 0. The van der Waals surface area contributed by atoms with Gasteiger partial charge in [-0.2, -0.15) is 0 Å². The summed E-state index contributed by atoms with van der Waals surface area (Å²) in [5.41, 5.74) is 1.77. The predicted octanol–water partition coefficient (Wildman–Crippen LogP) is 3.68. The first-order chi connectivity index (χ1) is 10.1. The van der Waals surface area contributed by atoms with Crippen molar-refractivity contribution in [3.05, 3.63) is 74.6 Å². The molecule has 0 radical (unpaired) electrons. The molecule has 2 aromatic carbocycles. The van der Waals surface area contributed by atoms with Gasteiger partial charge in [0.25, 0.3) is 5.69 Å². The Morgan fingerprint density at radius 1 is 1.05 bits per heavy atom. The number of fused-ring (bicyclic) bond motifs is 1. The second kappa shape index (κ2) is 4.86. The molecule has 0 spiro atoms. The van der Waals surface area contributed by atoms with Crippen LogP contribution in [0.3, 0.4) is 0 Å². The van der Waals surface area contributed by atoms with Gasteiger partial charge in [0, 0.05) is 17.5 Å². The minimum atomic E-state index is -0.459. The lowest BCUT2D eigenvalue weighted by atomic mass is 10.0. The number of non-ortho nitro benzene ring substituents is 1. The first-order valence-corrected chi connectivity index (χ1v) is 6.34. The van der Waals surface area contributed by atoms with Gasteiger partial charge in [-0.15, -0.1) is 0 Å². The van der Waals surface area contributed by atoms with Gasteiger partial charge in [0.2, 0.25) is 0 Å². The number of aryl methyl sites for hydroxylation is 1. The molecule has 1 heterocycles. The summed E-state index contributed by atoms with van der Waals surface area (Å²) >= 11 is 0. The molecule has 3 aromatic rings. The van der Waals surface area contributed by atoms with Crippen LogP contribution in [-0.2, 0) is 0 Å². The number of nitro groups is 1. The van der Waals surface area contributed by atoms with Crippen molar-refractivity contribution in [1.82, 2.24) is 0 Å². The molecule has 0 saturated carbocycles. The summed E-state index contributed by atoms with van der Waals surface area (Å²) in [6, 6.07) is 13.4. The highest BCUT2D eigenvalue weighted by atomic mass is 16.6. The molecular formula is C16H11NO4. The van der Waals surface area contributed by atoms with E-state index in [0.29, 0.717) is 22.3 Å². The predicted molar refractivity (Wildman–Crippen MR) is 79.3 cm³/mol. The van der Waals surface area contributed by atoms with Gasteiger partial charge in [0.15, 0.2) is 0 Å². The van der Waals surface area contributed by atoms with Crippen LogP contribution in [0.1, 0.15) is 5.56 Å². The summed E-state index contributed by atoms with van der Waals surface area (Å²) in [5, 5.41) is 11.6. The average molecular weight is 281 g/mol. The third kappa shape index (κ3) is 2.29. The molecule has 0 fully saturated rings. The summed E-state index contributed by atoms with van der Waals surface area (Å²) in [6.45, 7) is 1.73. The van der Waals surface area contributed by atoms with E-state index in [1.54, 1.807) is 31.2 Å². The Kier molecular flexibility index (Phi) is 3.02. The first kappa shape index (κ1) is 13.1. The Morgan fingerprint density at radius 2 is 1.81 bits per heavy atom. The number of para-hydroxylation sites is 1.